The number of fused-ring (bicyclic) bond motifs is 5. The van der Waals surface area contributed by atoms with Crippen molar-refractivity contribution in [2.24, 2.45) is 22.7 Å². The van der Waals surface area contributed by atoms with Gasteiger partial charge in [0.15, 0.2) is 0 Å². The lowest BCUT2D eigenvalue weighted by atomic mass is 9.85. The molecule has 5 aliphatic rings. The third kappa shape index (κ3) is 7.77. The maximum Gasteiger partial charge on any atom is 0.407 e. The van der Waals surface area contributed by atoms with Crippen LogP contribution in [0.2, 0.25) is 0 Å². The Morgan fingerprint density at radius 1 is 1.00 bits per heavy atom. The molecule has 14 heteroatoms. The number of amides is 4. The molecule has 5 atom stereocenters. The lowest BCUT2D eigenvalue weighted by Crippen LogP contribution is -2.60. The van der Waals surface area contributed by atoms with Gasteiger partial charge in [-0.1, -0.05) is 46.8 Å². The number of cyclic esters (lactones) is 1. The summed E-state index contributed by atoms with van der Waals surface area (Å²) in [7, 11) is -0.659. The third-order valence-corrected chi connectivity index (χ3v) is 14.3. The Morgan fingerprint density at radius 3 is 2.36 bits per heavy atom. The van der Waals surface area contributed by atoms with Crippen LogP contribution in [-0.4, -0.2) is 87.4 Å². The summed E-state index contributed by atoms with van der Waals surface area (Å²) in [6.07, 6.45) is 4.74. The maximum absolute atomic E-state index is 14.9. The first-order valence-corrected chi connectivity index (χ1v) is 21.1. The van der Waals surface area contributed by atoms with Crippen LogP contribution in [0, 0.1) is 22.7 Å². The van der Waals surface area contributed by atoms with Crippen molar-refractivity contribution in [2.75, 3.05) is 27.4 Å². The molecule has 5 bridgehead atoms. The fourth-order valence-corrected chi connectivity index (χ4v) is 10.0. The van der Waals surface area contributed by atoms with Crippen molar-refractivity contribution in [1.29, 1.82) is 0 Å². The lowest BCUT2D eigenvalue weighted by molar-refractivity contribution is -0.143. The summed E-state index contributed by atoms with van der Waals surface area (Å²) in [5, 5.41) is 7.13. The van der Waals surface area contributed by atoms with Crippen LogP contribution in [0.15, 0.2) is 30.3 Å². The van der Waals surface area contributed by atoms with Gasteiger partial charge < -0.3 is 29.7 Å². The van der Waals surface area contributed by atoms with Gasteiger partial charge in [0, 0.05) is 13.5 Å². The first kappa shape index (κ1) is 39.3. The number of carbonyl (C=O) groups is 4. The number of benzene rings is 2. The SMILES string of the molecule is COc1cc2ccc3cc2cc1CCCC(C)(C)COC(=O)N[C@@H](C(C)(C)C)C(=O)N1C[C@@]3(OC)C[C@H]1C(=O)N[C@]1(C(=O)NS(=O)(=O)C2CC2)CC1C1CC1. The average molecular weight is 781 g/mol. The van der Waals surface area contributed by atoms with Crippen LogP contribution in [0.3, 0.4) is 0 Å². The van der Waals surface area contributed by atoms with Gasteiger partial charge in [-0.15, -0.1) is 0 Å². The van der Waals surface area contributed by atoms with E-state index >= 15 is 0 Å². The highest BCUT2D eigenvalue weighted by molar-refractivity contribution is 7.91. The Hall–Kier alpha value is -3.91. The predicted octanol–water partition coefficient (Wildman–Crippen LogP) is 4.69. The van der Waals surface area contributed by atoms with Crippen LogP contribution in [0.1, 0.15) is 97.1 Å². The molecule has 0 radical (unpaired) electrons. The molecule has 300 valence electrons. The van der Waals surface area contributed by atoms with Crippen LogP contribution in [-0.2, 0) is 45.9 Å². The zero-order valence-electron chi connectivity index (χ0n) is 33.1. The van der Waals surface area contributed by atoms with Crippen LogP contribution in [0.5, 0.6) is 5.75 Å². The van der Waals surface area contributed by atoms with Crippen LogP contribution < -0.4 is 20.1 Å². The number of aryl methyl sites for hydroxylation is 1. The van der Waals surface area contributed by atoms with Gasteiger partial charge in [-0.25, -0.2) is 13.2 Å². The van der Waals surface area contributed by atoms with Crippen molar-refractivity contribution in [1.82, 2.24) is 20.3 Å². The number of sulfonamides is 1. The van der Waals surface area contributed by atoms with Gasteiger partial charge in [0.25, 0.3) is 5.91 Å². The summed E-state index contributed by atoms with van der Waals surface area (Å²) in [5.74, 6) is -1.03. The second-order valence-corrected chi connectivity index (χ2v) is 20.4. The molecule has 0 spiro atoms. The summed E-state index contributed by atoms with van der Waals surface area (Å²) in [6.45, 7) is 9.68. The Balaban J connectivity index is 1.29. The largest absolute Gasteiger partial charge is 0.496 e. The van der Waals surface area contributed by atoms with Gasteiger partial charge in [-0.2, -0.15) is 0 Å². The van der Waals surface area contributed by atoms with E-state index in [1.165, 1.54) is 4.90 Å². The molecule has 55 heavy (non-hydrogen) atoms. The molecule has 0 aromatic heterocycles. The van der Waals surface area contributed by atoms with E-state index in [1.807, 2.05) is 58.9 Å². The highest BCUT2D eigenvalue weighted by atomic mass is 32.2. The standard InChI is InChI=1S/C41H56N4O9S/c1-38(2,3)33-35(47)45-22-40(53-7,21-31(45)34(46)43-41(20-30(41)24-10-11-24)36(48)44-55(50,51)29-14-15-29)28-13-12-25-19-32(52-6)26(17-27(25)18-28)9-8-16-39(4,5)23-54-37(49)42-33/h12-13,17-19,24,29-31,33H,8-11,14-16,20-23H2,1-7H3,(H,42,49)(H,43,46)(H,44,48)/t30?,31-,33+,40-,41+/m0/s1. The zero-order valence-corrected chi connectivity index (χ0v) is 33.9. The minimum Gasteiger partial charge on any atom is -0.496 e. The molecule has 3 saturated carbocycles. The van der Waals surface area contributed by atoms with E-state index in [1.54, 1.807) is 14.2 Å². The van der Waals surface area contributed by atoms with Crippen LogP contribution in [0.4, 0.5) is 4.79 Å². The Morgan fingerprint density at radius 2 is 1.73 bits per heavy atom. The van der Waals surface area contributed by atoms with Gasteiger partial charge in [-0.05, 0) is 114 Å². The van der Waals surface area contributed by atoms with Crippen molar-refractivity contribution in [3.05, 3.63) is 41.5 Å². The fourth-order valence-electron chi connectivity index (χ4n) is 8.67. The number of methoxy groups -OCH3 is 2. The highest BCUT2D eigenvalue weighted by Crippen LogP contribution is 2.57. The summed E-state index contributed by atoms with van der Waals surface area (Å²) in [4.78, 5) is 58.3. The molecule has 4 amide bonds. The molecule has 2 aliphatic heterocycles. The molecule has 2 aromatic carbocycles. The molecule has 3 aliphatic carbocycles. The number of hydrogen-bond acceptors (Lipinski definition) is 9. The van der Waals surface area contributed by atoms with Gasteiger partial charge in [0.05, 0.1) is 25.5 Å². The van der Waals surface area contributed by atoms with E-state index in [4.69, 9.17) is 14.2 Å². The number of rotatable bonds is 8. The van der Waals surface area contributed by atoms with E-state index in [9.17, 15) is 27.6 Å². The number of ether oxygens (including phenoxy) is 3. The maximum atomic E-state index is 14.9. The second kappa shape index (κ2) is 13.9. The monoisotopic (exact) mass is 780 g/mol. The highest BCUT2D eigenvalue weighted by Gasteiger charge is 2.67. The number of hydrogen-bond donors (Lipinski definition) is 3. The van der Waals surface area contributed by atoms with Gasteiger partial charge in [-0.3, -0.25) is 19.1 Å². The molecule has 3 N–H and O–H groups in total. The van der Waals surface area contributed by atoms with Gasteiger partial charge >= 0.3 is 6.09 Å². The topological polar surface area (TPSA) is 169 Å². The van der Waals surface area contributed by atoms with Crippen LogP contribution >= 0.6 is 0 Å². The minimum absolute atomic E-state index is 0.0212. The molecule has 4 fully saturated rings. The Bertz CT molecular complexity index is 2000. The van der Waals surface area contributed by atoms with Crippen molar-refractivity contribution >= 4 is 44.6 Å². The third-order valence-electron chi connectivity index (χ3n) is 12.5. The number of nitrogens with zero attached hydrogens (tertiary/aromatic N) is 1. The Labute approximate surface area is 324 Å². The van der Waals surface area contributed by atoms with E-state index in [0.717, 1.165) is 59.8 Å². The summed E-state index contributed by atoms with van der Waals surface area (Å²) < 4.78 is 45.9. The van der Waals surface area contributed by atoms with E-state index in [2.05, 4.69) is 21.4 Å². The smallest absolute Gasteiger partial charge is 0.407 e. The number of nitrogens with one attached hydrogen (secondary N) is 3. The average Bonchev–Trinajstić information content (AvgIpc) is 4.00. The second-order valence-electron chi connectivity index (χ2n) is 18.4. The summed E-state index contributed by atoms with van der Waals surface area (Å²) in [5.41, 5.74) is -1.90. The molecular formula is C41H56N4O9S. The first-order valence-electron chi connectivity index (χ1n) is 19.6. The normalized spacial score (nSPS) is 29.9. The van der Waals surface area contributed by atoms with Crippen LogP contribution in [0.25, 0.3) is 10.8 Å². The molecular weight excluding hydrogens is 725 g/mol. The van der Waals surface area contributed by atoms with Crippen molar-refractivity contribution in [2.45, 2.75) is 121 Å². The van der Waals surface area contributed by atoms with Crippen molar-refractivity contribution in [3.8, 4) is 5.75 Å². The summed E-state index contributed by atoms with van der Waals surface area (Å²) >= 11 is 0. The predicted molar refractivity (Wildman–Crippen MR) is 206 cm³/mol. The minimum atomic E-state index is -3.87. The molecule has 1 saturated heterocycles. The molecule has 1 unspecified atom stereocenters. The zero-order chi connectivity index (χ0) is 39.7. The van der Waals surface area contributed by atoms with Crippen molar-refractivity contribution < 1.29 is 41.8 Å². The first-order chi connectivity index (χ1) is 25.8. The number of alkyl carbamates (subject to hydrolysis) is 1. The molecule has 2 heterocycles. The lowest BCUT2D eigenvalue weighted by Gasteiger charge is -2.36. The molecule has 7 rings (SSSR count). The molecule has 13 nitrogen and oxygen atoms in total. The fraction of sp³-hybridized carbons (Fsp3) is 0.659. The summed E-state index contributed by atoms with van der Waals surface area (Å²) in [6, 6.07) is 7.88. The van der Waals surface area contributed by atoms with E-state index in [0.29, 0.717) is 19.3 Å². The van der Waals surface area contributed by atoms with Gasteiger partial charge in [0.2, 0.25) is 21.8 Å². The number of carbonyl (C=O) groups excluding carboxylic acids is 4. The van der Waals surface area contributed by atoms with E-state index in [-0.39, 0.29) is 36.8 Å². The quantitative estimate of drug-likeness (QED) is 0.344. The van der Waals surface area contributed by atoms with Crippen molar-refractivity contribution in [3.63, 3.8) is 0 Å². The van der Waals surface area contributed by atoms with Gasteiger partial charge in [0.1, 0.15) is 29.0 Å². The Kier molecular flexibility index (Phi) is 9.96. The molecule has 2 aromatic rings. The van der Waals surface area contributed by atoms with E-state index < -0.39 is 67.7 Å².